The monoisotopic (exact) mass is 464 g/mol. The largest absolute Gasteiger partial charge is 0.455 e. The first-order valence-electron chi connectivity index (χ1n) is 9.27. The van der Waals surface area contributed by atoms with E-state index in [1.54, 1.807) is 13.8 Å². The summed E-state index contributed by atoms with van der Waals surface area (Å²) < 4.78 is 22.4. The number of benzene rings is 1. The number of rotatable bonds is 7. The molecule has 0 aliphatic carbocycles. The Morgan fingerprint density at radius 1 is 1.15 bits per heavy atom. The van der Waals surface area contributed by atoms with Gasteiger partial charge in [0.25, 0.3) is 11.4 Å². The van der Waals surface area contributed by atoms with Gasteiger partial charge in [0.15, 0.2) is 12.1 Å². The molecule has 0 unspecified atom stereocenters. The zero-order chi connectivity index (χ0) is 24.3. The number of non-ortho nitro benzene ring substituents is 2. The van der Waals surface area contributed by atoms with E-state index in [9.17, 15) is 25.0 Å². The third-order valence-corrected chi connectivity index (χ3v) is 4.75. The molecule has 2 aliphatic rings. The van der Waals surface area contributed by atoms with E-state index in [1.165, 1.54) is 0 Å². The minimum atomic E-state index is -1.38. The number of fused-ring (bicyclic) bond motifs is 1. The van der Waals surface area contributed by atoms with Gasteiger partial charge in [0.2, 0.25) is 0 Å². The Bertz CT molecular complexity index is 1050. The third-order valence-electron chi connectivity index (χ3n) is 4.75. The van der Waals surface area contributed by atoms with Gasteiger partial charge in [-0.05, 0) is 24.9 Å². The number of carbonyl (C=O) groups excluding carboxylic acids is 1. The summed E-state index contributed by atoms with van der Waals surface area (Å²) in [7, 11) is 0. The summed E-state index contributed by atoms with van der Waals surface area (Å²) >= 11 is 0. The fourth-order valence-electron chi connectivity index (χ4n) is 3.47. The molecule has 1 aromatic carbocycles. The number of azide groups is 2. The van der Waals surface area contributed by atoms with E-state index in [2.05, 4.69) is 20.1 Å². The molecule has 2 aliphatic heterocycles. The smallest absolute Gasteiger partial charge is 0.339 e. The zero-order valence-corrected chi connectivity index (χ0v) is 17.1. The predicted molar refractivity (Wildman–Crippen MR) is 105 cm³/mol. The second kappa shape index (κ2) is 9.23. The maximum absolute atomic E-state index is 12.8. The van der Waals surface area contributed by atoms with Crippen molar-refractivity contribution in [2.45, 2.75) is 50.3 Å². The van der Waals surface area contributed by atoms with Crippen molar-refractivity contribution in [3.05, 3.63) is 64.9 Å². The quantitative estimate of drug-likeness (QED) is 0.144. The van der Waals surface area contributed by atoms with Gasteiger partial charge in [-0.15, -0.1) is 0 Å². The van der Waals surface area contributed by atoms with E-state index in [1.807, 2.05) is 0 Å². The zero-order valence-electron chi connectivity index (χ0n) is 17.1. The number of hydrogen-bond acceptors (Lipinski definition) is 11. The standard InChI is InChI=1S/C16H16N8O9/c1-16(2)32-13-11(20-22-18)12(10(6-19-21-17)30-15(13)33-16)31-14(25)7-3-8(23(26)27)5-9(4-7)24(28)29/h3-5,10-13,15H,6H2,1-2H3/t10-,11+,12-,13-,15-/m1/s1. The van der Waals surface area contributed by atoms with Crippen molar-refractivity contribution in [2.75, 3.05) is 6.54 Å². The van der Waals surface area contributed by atoms with Gasteiger partial charge >= 0.3 is 5.97 Å². The maximum Gasteiger partial charge on any atom is 0.339 e. The molecule has 0 amide bonds. The molecule has 2 fully saturated rings. The van der Waals surface area contributed by atoms with Crippen LogP contribution < -0.4 is 0 Å². The van der Waals surface area contributed by atoms with Crippen LogP contribution in [0.4, 0.5) is 11.4 Å². The number of ether oxygens (including phenoxy) is 4. The fraction of sp³-hybridized carbons (Fsp3) is 0.562. The molecule has 0 N–H and O–H groups in total. The molecule has 3 rings (SSSR count). The Kier molecular flexibility index (Phi) is 6.62. The summed E-state index contributed by atoms with van der Waals surface area (Å²) in [6, 6.07) is 1.08. The van der Waals surface area contributed by atoms with Gasteiger partial charge in [-0.1, -0.05) is 10.2 Å². The van der Waals surface area contributed by atoms with Crippen LogP contribution in [-0.2, 0) is 18.9 Å². The Balaban J connectivity index is 1.98. The molecule has 0 bridgehead atoms. The summed E-state index contributed by atoms with van der Waals surface area (Å²) in [5.74, 6) is -2.34. The number of hydrogen-bond donors (Lipinski definition) is 0. The molecule has 0 radical (unpaired) electrons. The van der Waals surface area contributed by atoms with Crippen LogP contribution in [0.1, 0.15) is 24.2 Å². The second-order valence-electron chi connectivity index (χ2n) is 7.37. The summed E-state index contributed by atoms with van der Waals surface area (Å²) in [6.07, 6.45) is -4.57. The van der Waals surface area contributed by atoms with E-state index in [0.717, 1.165) is 12.1 Å². The van der Waals surface area contributed by atoms with Gasteiger partial charge in [-0.3, -0.25) is 20.2 Å². The molecular formula is C16H16N8O9. The van der Waals surface area contributed by atoms with Crippen molar-refractivity contribution in [1.29, 1.82) is 0 Å². The number of nitro groups is 2. The SMILES string of the molecule is CC1(C)O[C@H]2O[C@H](CN=[N+]=[N-])[C@@H](OC(=O)c3cc([N+](=O)[O-])cc([N+](=O)[O-])c3)[C@H](N=[N+]=[N-])[C@H]2O1. The lowest BCUT2D eigenvalue weighted by atomic mass is 9.96. The van der Waals surface area contributed by atoms with Crippen LogP contribution >= 0.6 is 0 Å². The lowest BCUT2D eigenvalue weighted by Crippen LogP contribution is -2.57. The third kappa shape index (κ3) is 5.08. The molecule has 0 aromatic heterocycles. The van der Waals surface area contributed by atoms with Crippen LogP contribution in [-0.4, -0.2) is 58.8 Å². The normalized spacial score (nSPS) is 27.4. The second-order valence-corrected chi connectivity index (χ2v) is 7.37. The van der Waals surface area contributed by atoms with Gasteiger partial charge in [-0.2, -0.15) is 0 Å². The number of nitro benzene ring substituents is 2. The first-order valence-corrected chi connectivity index (χ1v) is 9.27. The van der Waals surface area contributed by atoms with Gasteiger partial charge in [0, 0.05) is 22.0 Å². The van der Waals surface area contributed by atoms with Crippen molar-refractivity contribution >= 4 is 17.3 Å². The first kappa shape index (κ1) is 23.6. The van der Waals surface area contributed by atoms with Crippen molar-refractivity contribution in [1.82, 2.24) is 0 Å². The van der Waals surface area contributed by atoms with Crippen molar-refractivity contribution in [2.24, 2.45) is 10.2 Å². The molecule has 1 aromatic rings. The van der Waals surface area contributed by atoms with Crippen LogP contribution in [0.2, 0.25) is 0 Å². The highest BCUT2D eigenvalue weighted by atomic mass is 16.8. The minimum absolute atomic E-state index is 0.353. The lowest BCUT2D eigenvalue weighted by Gasteiger charge is -2.39. The minimum Gasteiger partial charge on any atom is -0.455 e. The molecule has 2 heterocycles. The van der Waals surface area contributed by atoms with Crippen LogP contribution in [0.15, 0.2) is 28.4 Å². The molecule has 17 heteroatoms. The highest BCUT2D eigenvalue weighted by molar-refractivity contribution is 5.91. The summed E-state index contributed by atoms with van der Waals surface area (Å²) in [5.41, 5.74) is 15.8. The maximum atomic E-state index is 12.8. The molecule has 33 heavy (non-hydrogen) atoms. The van der Waals surface area contributed by atoms with Crippen LogP contribution in [0.3, 0.4) is 0 Å². The number of nitrogens with zero attached hydrogens (tertiary/aromatic N) is 8. The molecular weight excluding hydrogens is 448 g/mol. The van der Waals surface area contributed by atoms with Crippen LogP contribution in [0, 0.1) is 20.2 Å². The molecule has 0 saturated carbocycles. The van der Waals surface area contributed by atoms with E-state index in [4.69, 9.17) is 30.0 Å². The number of esters is 1. The Morgan fingerprint density at radius 2 is 1.79 bits per heavy atom. The Morgan fingerprint density at radius 3 is 2.33 bits per heavy atom. The summed E-state index contributed by atoms with van der Waals surface area (Å²) in [6.45, 7) is 2.80. The first-order chi connectivity index (χ1) is 15.6. The van der Waals surface area contributed by atoms with Crippen molar-refractivity contribution in [3.63, 3.8) is 0 Å². The van der Waals surface area contributed by atoms with E-state index in [0.29, 0.717) is 6.07 Å². The topological polar surface area (TPSA) is 238 Å². The van der Waals surface area contributed by atoms with Crippen LogP contribution in [0.25, 0.3) is 20.9 Å². The molecule has 5 atom stereocenters. The van der Waals surface area contributed by atoms with E-state index in [-0.39, 0.29) is 6.54 Å². The molecule has 17 nitrogen and oxygen atoms in total. The van der Waals surface area contributed by atoms with Gasteiger partial charge in [0.05, 0.1) is 28.0 Å². The Labute approximate surface area is 183 Å². The lowest BCUT2D eigenvalue weighted by molar-refractivity contribution is -0.394. The highest BCUT2D eigenvalue weighted by Crippen LogP contribution is 2.39. The number of carbonyl (C=O) groups is 1. The highest BCUT2D eigenvalue weighted by Gasteiger charge is 2.55. The van der Waals surface area contributed by atoms with E-state index >= 15 is 0 Å². The van der Waals surface area contributed by atoms with E-state index < -0.39 is 69.2 Å². The van der Waals surface area contributed by atoms with Gasteiger partial charge in [-0.25, -0.2) is 4.79 Å². The van der Waals surface area contributed by atoms with Crippen LogP contribution in [0.5, 0.6) is 0 Å². The van der Waals surface area contributed by atoms with Gasteiger partial charge in [0.1, 0.15) is 24.4 Å². The molecule has 2 saturated heterocycles. The van der Waals surface area contributed by atoms with Crippen molar-refractivity contribution in [3.8, 4) is 0 Å². The fourth-order valence-corrected chi connectivity index (χ4v) is 3.47. The van der Waals surface area contributed by atoms with Crippen molar-refractivity contribution < 1.29 is 33.6 Å². The average Bonchev–Trinajstić information content (AvgIpc) is 3.07. The van der Waals surface area contributed by atoms with Gasteiger partial charge < -0.3 is 18.9 Å². The predicted octanol–water partition coefficient (Wildman–Crippen LogP) is 2.89. The molecule has 174 valence electrons. The average molecular weight is 464 g/mol. The Hall–Kier alpha value is -4.01. The molecule has 0 spiro atoms. The summed E-state index contributed by atoms with van der Waals surface area (Å²) in [5, 5.41) is 29.3. The summed E-state index contributed by atoms with van der Waals surface area (Å²) in [4.78, 5) is 38.6.